The molecule has 1 aliphatic heterocycles. The Bertz CT molecular complexity index is 1340. The van der Waals surface area contributed by atoms with Crippen molar-refractivity contribution in [2.75, 3.05) is 18.1 Å². The molecule has 0 aromatic heterocycles. The van der Waals surface area contributed by atoms with Crippen molar-refractivity contribution in [3.8, 4) is 11.5 Å². The lowest BCUT2D eigenvalue weighted by molar-refractivity contribution is -0.142. The number of anilines is 1. The molecule has 0 radical (unpaired) electrons. The van der Waals surface area contributed by atoms with Gasteiger partial charge in [-0.3, -0.25) is 14.4 Å². The highest BCUT2D eigenvalue weighted by Gasteiger charge is 2.44. The van der Waals surface area contributed by atoms with Gasteiger partial charge < -0.3 is 14.2 Å². The Morgan fingerprint density at radius 2 is 1.57 bits per heavy atom. The van der Waals surface area contributed by atoms with Crippen LogP contribution >= 0.6 is 0 Å². The van der Waals surface area contributed by atoms with Crippen LogP contribution in [0.5, 0.6) is 11.5 Å². The molecule has 0 aliphatic carbocycles. The number of hydrogen-bond acceptors (Lipinski definition) is 6. The largest absolute Gasteiger partial charge is 0.492 e. The highest BCUT2D eigenvalue weighted by molar-refractivity contribution is 6.38. The maximum atomic E-state index is 14.8. The van der Waals surface area contributed by atoms with Crippen molar-refractivity contribution in [2.24, 2.45) is 0 Å². The molecule has 0 spiro atoms. The number of fused-ring (bicyclic) bond motifs is 2. The molecule has 3 aromatic rings. The maximum absolute atomic E-state index is 14.8. The molecule has 1 heterocycles. The zero-order valence-electron chi connectivity index (χ0n) is 18.8. The van der Waals surface area contributed by atoms with Crippen molar-refractivity contribution >= 4 is 34.2 Å². The molecule has 0 atom stereocenters. The van der Waals surface area contributed by atoms with Crippen LogP contribution in [0.15, 0.2) is 42.5 Å². The number of imide groups is 1. The number of carbonyl (C=O) groups excluding carboxylic acids is 3. The minimum absolute atomic E-state index is 0.00581. The van der Waals surface area contributed by atoms with Crippen molar-refractivity contribution in [2.45, 2.75) is 26.9 Å². The lowest BCUT2D eigenvalue weighted by Gasteiger charge is -2.16. The smallest absolute Gasteiger partial charge is 0.387 e. The van der Waals surface area contributed by atoms with Gasteiger partial charge >= 0.3 is 12.6 Å². The van der Waals surface area contributed by atoms with E-state index < -0.39 is 41.5 Å². The van der Waals surface area contributed by atoms with Crippen LogP contribution in [0.1, 0.15) is 40.1 Å². The molecule has 0 bridgehead atoms. The molecule has 0 fully saturated rings. The molecule has 4 rings (SSSR count). The second-order valence-electron chi connectivity index (χ2n) is 7.47. The Morgan fingerprint density at radius 3 is 2.14 bits per heavy atom. The Morgan fingerprint density at radius 1 is 0.943 bits per heavy atom. The van der Waals surface area contributed by atoms with Gasteiger partial charge in [-0.15, -0.1) is 0 Å². The topological polar surface area (TPSA) is 82.1 Å². The molecule has 7 nitrogen and oxygen atoms in total. The number of halogens is 3. The molecule has 2 amide bonds. The zero-order chi connectivity index (χ0) is 25.3. The van der Waals surface area contributed by atoms with Crippen LogP contribution in [0.3, 0.4) is 0 Å². The monoisotopic (exact) mass is 487 g/mol. The third-order valence-electron chi connectivity index (χ3n) is 5.38. The number of benzene rings is 3. The standard InChI is InChI=1S/C25H20F3NO6/c1-3-33-18(30)11-13-9-10-14(12-17(13)26)29-23(31)19-20(24(29)32)22(35-25(27)28)16-8-6-5-7-15(16)21(19)34-4-2/h5-10,12,25H,3-4,11H2,1-2H3. The van der Waals surface area contributed by atoms with E-state index in [1.807, 2.05) is 0 Å². The van der Waals surface area contributed by atoms with Gasteiger partial charge in [0.1, 0.15) is 17.3 Å². The first-order valence-corrected chi connectivity index (χ1v) is 10.8. The first-order chi connectivity index (χ1) is 16.8. The fraction of sp³-hybridized carbons (Fsp3) is 0.240. The lowest BCUT2D eigenvalue weighted by atomic mass is 9.99. The maximum Gasteiger partial charge on any atom is 0.387 e. The van der Waals surface area contributed by atoms with Crippen LogP contribution in [-0.4, -0.2) is 37.6 Å². The second-order valence-corrected chi connectivity index (χ2v) is 7.47. The van der Waals surface area contributed by atoms with Crippen LogP contribution in [0.25, 0.3) is 10.8 Å². The van der Waals surface area contributed by atoms with Crippen LogP contribution in [0, 0.1) is 5.82 Å². The van der Waals surface area contributed by atoms with Gasteiger partial charge in [-0.1, -0.05) is 30.3 Å². The Kier molecular flexibility index (Phi) is 6.63. The summed E-state index contributed by atoms with van der Waals surface area (Å²) >= 11 is 0. The second kappa shape index (κ2) is 9.65. The normalized spacial score (nSPS) is 12.9. The number of rotatable bonds is 8. The Hall–Kier alpha value is -4.08. The van der Waals surface area contributed by atoms with Crippen molar-refractivity contribution in [1.29, 1.82) is 0 Å². The fourth-order valence-electron chi connectivity index (χ4n) is 4.03. The number of nitrogens with zero attached hydrogens (tertiary/aromatic N) is 1. The van der Waals surface area contributed by atoms with E-state index in [4.69, 9.17) is 14.2 Å². The van der Waals surface area contributed by atoms with Crippen molar-refractivity contribution in [3.05, 3.63) is 65.0 Å². The van der Waals surface area contributed by atoms with E-state index in [1.165, 1.54) is 18.2 Å². The number of alkyl halides is 2. The first-order valence-electron chi connectivity index (χ1n) is 10.8. The summed E-state index contributed by atoms with van der Waals surface area (Å²) in [5.41, 5.74) is -0.780. The summed E-state index contributed by atoms with van der Waals surface area (Å²) < 4.78 is 56.6. The fourth-order valence-corrected chi connectivity index (χ4v) is 4.03. The van der Waals surface area contributed by atoms with Crippen LogP contribution in [0.2, 0.25) is 0 Å². The molecule has 10 heteroatoms. The van der Waals surface area contributed by atoms with E-state index in [1.54, 1.807) is 32.0 Å². The van der Waals surface area contributed by atoms with E-state index in [-0.39, 0.29) is 47.6 Å². The first kappa shape index (κ1) is 24.1. The highest BCUT2D eigenvalue weighted by atomic mass is 19.3. The number of amides is 2. The lowest BCUT2D eigenvalue weighted by Crippen LogP contribution is -2.29. The van der Waals surface area contributed by atoms with Gasteiger partial charge in [0.15, 0.2) is 0 Å². The molecule has 182 valence electrons. The van der Waals surface area contributed by atoms with Gasteiger partial charge in [-0.2, -0.15) is 8.78 Å². The third-order valence-corrected chi connectivity index (χ3v) is 5.38. The molecule has 0 saturated carbocycles. The molecule has 1 aliphatic rings. The molecule has 0 unspecified atom stereocenters. The van der Waals surface area contributed by atoms with Gasteiger partial charge in [0, 0.05) is 10.8 Å². The van der Waals surface area contributed by atoms with E-state index in [2.05, 4.69) is 0 Å². The number of ether oxygens (including phenoxy) is 3. The molecule has 3 aromatic carbocycles. The predicted molar refractivity (Wildman–Crippen MR) is 120 cm³/mol. The molecule has 35 heavy (non-hydrogen) atoms. The molecular formula is C25H20F3NO6. The molecule has 0 saturated heterocycles. The summed E-state index contributed by atoms with van der Waals surface area (Å²) in [6.07, 6.45) is -0.339. The van der Waals surface area contributed by atoms with Crippen LogP contribution < -0.4 is 14.4 Å². The van der Waals surface area contributed by atoms with Crippen molar-refractivity contribution in [3.63, 3.8) is 0 Å². The van der Waals surface area contributed by atoms with Crippen molar-refractivity contribution in [1.82, 2.24) is 0 Å². The van der Waals surface area contributed by atoms with E-state index in [9.17, 15) is 27.6 Å². The predicted octanol–water partition coefficient (Wildman–Crippen LogP) is 4.89. The van der Waals surface area contributed by atoms with Gasteiger partial charge in [0.2, 0.25) is 0 Å². The quantitative estimate of drug-likeness (QED) is 0.333. The summed E-state index contributed by atoms with van der Waals surface area (Å²) in [7, 11) is 0. The minimum atomic E-state index is -3.27. The van der Waals surface area contributed by atoms with Crippen LogP contribution in [0.4, 0.5) is 18.9 Å². The summed E-state index contributed by atoms with van der Waals surface area (Å²) in [5.74, 6) is -3.75. The summed E-state index contributed by atoms with van der Waals surface area (Å²) in [6.45, 7) is 0.279. The van der Waals surface area contributed by atoms with Gasteiger partial charge in [-0.05, 0) is 31.5 Å². The zero-order valence-corrected chi connectivity index (χ0v) is 18.8. The van der Waals surface area contributed by atoms with E-state index in [0.29, 0.717) is 10.3 Å². The molecule has 0 N–H and O–H groups in total. The van der Waals surface area contributed by atoms with Crippen LogP contribution in [-0.2, 0) is 16.0 Å². The van der Waals surface area contributed by atoms with E-state index >= 15 is 0 Å². The van der Waals surface area contributed by atoms with Gasteiger partial charge in [0.25, 0.3) is 11.8 Å². The number of hydrogen-bond donors (Lipinski definition) is 0. The molecular weight excluding hydrogens is 467 g/mol. The average molecular weight is 487 g/mol. The van der Waals surface area contributed by atoms with Gasteiger partial charge in [0.05, 0.1) is 36.4 Å². The summed E-state index contributed by atoms with van der Waals surface area (Å²) in [5, 5.41) is 0.469. The Labute approximate surface area is 198 Å². The highest BCUT2D eigenvalue weighted by Crippen LogP contribution is 2.46. The Balaban J connectivity index is 1.86. The summed E-state index contributed by atoms with van der Waals surface area (Å²) in [6, 6.07) is 9.68. The number of carbonyl (C=O) groups is 3. The van der Waals surface area contributed by atoms with Crippen molar-refractivity contribution < 1.29 is 41.8 Å². The SMILES string of the molecule is CCOC(=O)Cc1ccc(N2C(=O)c3c(c(OC(F)F)c4ccccc4c3OCC)C2=O)cc1F. The average Bonchev–Trinajstić information content (AvgIpc) is 3.07. The minimum Gasteiger partial charge on any atom is -0.492 e. The summed E-state index contributed by atoms with van der Waals surface area (Å²) in [4.78, 5) is 39.2. The third kappa shape index (κ3) is 4.27. The number of esters is 1. The van der Waals surface area contributed by atoms with E-state index in [0.717, 1.165) is 6.07 Å². The van der Waals surface area contributed by atoms with Gasteiger partial charge in [-0.25, -0.2) is 9.29 Å².